The molecule has 1 aliphatic rings. The highest BCUT2D eigenvalue weighted by Gasteiger charge is 2.26. The first-order chi connectivity index (χ1) is 8.83. The van der Waals surface area contributed by atoms with Gasteiger partial charge >= 0.3 is 7.05 Å². The number of benzene rings is 2. The van der Waals surface area contributed by atoms with Gasteiger partial charge in [0.1, 0.15) is 5.84 Å². The van der Waals surface area contributed by atoms with Gasteiger partial charge in [0.15, 0.2) is 0 Å². The van der Waals surface area contributed by atoms with Gasteiger partial charge in [0.25, 0.3) is 0 Å². The Bertz CT molecular complexity index is 569. The van der Waals surface area contributed by atoms with Crippen LogP contribution in [-0.2, 0) is 4.76 Å². The van der Waals surface area contributed by atoms with E-state index in [0.717, 1.165) is 22.5 Å². The summed E-state index contributed by atoms with van der Waals surface area (Å²) in [6.45, 7) is 0. The zero-order chi connectivity index (χ0) is 12.4. The molecule has 2 aromatic rings. The molecular formula is C13H12BN3O. The van der Waals surface area contributed by atoms with Gasteiger partial charge in [-0.3, -0.25) is 15.1 Å². The maximum Gasteiger partial charge on any atom is 0.496 e. The molecule has 0 radical (unpaired) electrons. The molecule has 0 fully saturated rings. The van der Waals surface area contributed by atoms with E-state index in [4.69, 9.17) is 10.5 Å². The standard InChI is InChI=1S/C13H12BN3O/c15-12-8-6-10(7-9-12)13-16-14(18-17-13)11-4-2-1-3-5-11/h1-9H,15H2,(H,16,17). The summed E-state index contributed by atoms with van der Waals surface area (Å²) in [6.07, 6.45) is 0. The lowest BCUT2D eigenvalue weighted by atomic mass is 9.75. The van der Waals surface area contributed by atoms with Crippen LogP contribution in [0, 0.1) is 0 Å². The summed E-state index contributed by atoms with van der Waals surface area (Å²) in [6, 6.07) is 17.4. The number of nitrogens with zero attached hydrogens (tertiary/aromatic N) is 1. The SMILES string of the molecule is Nc1ccc(C2=NB(c3ccccc3)ON2)cc1. The van der Waals surface area contributed by atoms with Gasteiger partial charge in [0.2, 0.25) is 0 Å². The third kappa shape index (κ3) is 2.08. The molecular weight excluding hydrogens is 225 g/mol. The predicted octanol–water partition coefficient (Wildman–Crippen LogP) is 0.946. The van der Waals surface area contributed by atoms with Crippen molar-refractivity contribution in [3.63, 3.8) is 0 Å². The molecule has 4 nitrogen and oxygen atoms in total. The Labute approximate surface area is 106 Å². The van der Waals surface area contributed by atoms with Crippen LogP contribution < -0.4 is 16.7 Å². The van der Waals surface area contributed by atoms with Crippen LogP contribution in [0.3, 0.4) is 0 Å². The number of amidine groups is 1. The highest BCUT2D eigenvalue weighted by atomic mass is 16.6. The van der Waals surface area contributed by atoms with E-state index in [1.165, 1.54) is 0 Å². The third-order valence-electron chi connectivity index (χ3n) is 2.78. The summed E-state index contributed by atoms with van der Waals surface area (Å²) in [5.74, 6) is 0.726. The second-order valence-electron chi connectivity index (χ2n) is 4.08. The van der Waals surface area contributed by atoms with Crippen molar-refractivity contribution in [2.24, 2.45) is 4.90 Å². The van der Waals surface area contributed by atoms with Crippen LogP contribution in [0.25, 0.3) is 0 Å². The van der Waals surface area contributed by atoms with Gasteiger partial charge in [-0.25, -0.2) is 0 Å². The van der Waals surface area contributed by atoms with Crippen molar-refractivity contribution >= 4 is 24.0 Å². The molecule has 1 heterocycles. The molecule has 18 heavy (non-hydrogen) atoms. The molecule has 88 valence electrons. The summed E-state index contributed by atoms with van der Waals surface area (Å²) in [5.41, 5.74) is 11.2. The predicted molar refractivity (Wildman–Crippen MR) is 73.4 cm³/mol. The Kier molecular flexibility index (Phi) is 2.74. The number of nitrogen functional groups attached to an aromatic ring is 1. The highest BCUT2D eigenvalue weighted by molar-refractivity contribution is 6.68. The Morgan fingerprint density at radius 2 is 1.72 bits per heavy atom. The Morgan fingerprint density at radius 1 is 1.00 bits per heavy atom. The summed E-state index contributed by atoms with van der Waals surface area (Å²) in [4.78, 5) is 4.50. The van der Waals surface area contributed by atoms with E-state index in [1.807, 2.05) is 54.6 Å². The Hall–Kier alpha value is -2.27. The number of nitrogens with two attached hydrogens (primary N) is 1. The molecule has 0 saturated carbocycles. The van der Waals surface area contributed by atoms with Crippen LogP contribution in [0.15, 0.2) is 59.5 Å². The van der Waals surface area contributed by atoms with Crippen molar-refractivity contribution in [1.29, 1.82) is 0 Å². The van der Waals surface area contributed by atoms with E-state index in [9.17, 15) is 0 Å². The fourth-order valence-electron chi connectivity index (χ4n) is 1.82. The van der Waals surface area contributed by atoms with Crippen LogP contribution in [0.5, 0.6) is 0 Å². The van der Waals surface area contributed by atoms with E-state index in [0.29, 0.717) is 0 Å². The van der Waals surface area contributed by atoms with Crippen molar-refractivity contribution in [1.82, 2.24) is 5.48 Å². The van der Waals surface area contributed by atoms with E-state index < -0.39 is 0 Å². The molecule has 2 aromatic carbocycles. The van der Waals surface area contributed by atoms with Gasteiger partial charge in [0, 0.05) is 11.3 Å². The molecule has 3 N–H and O–H groups in total. The molecule has 0 atom stereocenters. The lowest BCUT2D eigenvalue weighted by Gasteiger charge is -2.02. The number of anilines is 1. The molecule has 0 spiro atoms. The fraction of sp³-hybridized carbons (Fsp3) is 0. The normalized spacial score (nSPS) is 14.2. The first kappa shape index (κ1) is 10.9. The van der Waals surface area contributed by atoms with Gasteiger partial charge in [-0.05, 0) is 29.7 Å². The second kappa shape index (κ2) is 4.54. The third-order valence-corrected chi connectivity index (χ3v) is 2.78. The minimum absolute atomic E-state index is 0.293. The molecule has 0 aromatic heterocycles. The number of nitrogens with one attached hydrogen (secondary N) is 1. The second-order valence-corrected chi connectivity index (χ2v) is 4.08. The number of rotatable bonds is 2. The smallest absolute Gasteiger partial charge is 0.399 e. The number of hydroxylamine groups is 1. The van der Waals surface area contributed by atoms with Crippen molar-refractivity contribution in [2.45, 2.75) is 0 Å². The number of hydrogen-bond donors (Lipinski definition) is 2. The van der Waals surface area contributed by atoms with Crippen LogP contribution >= 0.6 is 0 Å². The largest absolute Gasteiger partial charge is 0.496 e. The fourth-order valence-corrected chi connectivity index (χ4v) is 1.82. The maximum atomic E-state index is 5.65. The van der Waals surface area contributed by atoms with Gasteiger partial charge in [-0.15, -0.1) is 0 Å². The minimum Gasteiger partial charge on any atom is -0.399 e. The Morgan fingerprint density at radius 3 is 2.44 bits per heavy atom. The first-order valence-corrected chi connectivity index (χ1v) is 5.73. The van der Waals surface area contributed by atoms with E-state index in [1.54, 1.807) is 0 Å². The average Bonchev–Trinajstić information content (AvgIpc) is 2.90. The van der Waals surface area contributed by atoms with Gasteiger partial charge < -0.3 is 5.73 Å². The zero-order valence-electron chi connectivity index (χ0n) is 9.71. The van der Waals surface area contributed by atoms with Crippen molar-refractivity contribution in [3.8, 4) is 0 Å². The lowest BCUT2D eigenvalue weighted by molar-refractivity contribution is 0.284. The highest BCUT2D eigenvalue weighted by Crippen LogP contribution is 2.09. The van der Waals surface area contributed by atoms with Crippen LogP contribution in [0.4, 0.5) is 5.69 Å². The van der Waals surface area contributed by atoms with E-state index in [-0.39, 0.29) is 7.05 Å². The molecule has 0 bridgehead atoms. The van der Waals surface area contributed by atoms with Gasteiger partial charge in [0.05, 0.1) is 0 Å². The molecule has 3 rings (SSSR count). The molecule has 1 aliphatic heterocycles. The van der Waals surface area contributed by atoms with Gasteiger partial charge in [-0.2, -0.15) is 0 Å². The molecule has 0 unspecified atom stereocenters. The summed E-state index contributed by atoms with van der Waals surface area (Å²) in [5, 5.41) is 0. The quantitative estimate of drug-likeness (QED) is 0.603. The summed E-state index contributed by atoms with van der Waals surface area (Å²) >= 11 is 0. The summed E-state index contributed by atoms with van der Waals surface area (Å²) in [7, 11) is -0.293. The molecule has 5 heteroatoms. The maximum absolute atomic E-state index is 5.65. The minimum atomic E-state index is -0.293. The molecule has 0 aliphatic carbocycles. The average molecular weight is 237 g/mol. The zero-order valence-corrected chi connectivity index (χ0v) is 9.71. The summed E-state index contributed by atoms with van der Waals surface area (Å²) < 4.78 is 5.45. The number of hydrogen-bond acceptors (Lipinski definition) is 4. The van der Waals surface area contributed by atoms with Gasteiger partial charge in [-0.1, -0.05) is 30.3 Å². The topological polar surface area (TPSA) is 59.6 Å². The van der Waals surface area contributed by atoms with Crippen LogP contribution in [0.2, 0.25) is 0 Å². The van der Waals surface area contributed by atoms with Crippen LogP contribution in [-0.4, -0.2) is 12.9 Å². The Balaban J connectivity index is 1.86. The van der Waals surface area contributed by atoms with E-state index in [2.05, 4.69) is 10.4 Å². The molecule has 0 amide bonds. The van der Waals surface area contributed by atoms with Crippen LogP contribution in [0.1, 0.15) is 5.56 Å². The first-order valence-electron chi connectivity index (χ1n) is 5.73. The molecule has 0 saturated heterocycles. The monoisotopic (exact) mass is 237 g/mol. The van der Waals surface area contributed by atoms with E-state index >= 15 is 0 Å². The lowest BCUT2D eigenvalue weighted by Crippen LogP contribution is -2.31. The van der Waals surface area contributed by atoms with Crippen molar-refractivity contribution in [2.75, 3.05) is 5.73 Å². The van der Waals surface area contributed by atoms with Crippen molar-refractivity contribution < 1.29 is 4.76 Å². The van der Waals surface area contributed by atoms with Crippen molar-refractivity contribution in [3.05, 3.63) is 60.2 Å².